The van der Waals surface area contributed by atoms with E-state index in [-0.39, 0.29) is 17.0 Å². The van der Waals surface area contributed by atoms with Crippen molar-refractivity contribution in [2.75, 3.05) is 0 Å². The predicted octanol–water partition coefficient (Wildman–Crippen LogP) is 3.84. The van der Waals surface area contributed by atoms with Crippen LogP contribution in [0.2, 0.25) is 0 Å². The zero-order chi connectivity index (χ0) is 12.5. The lowest BCUT2D eigenvalue weighted by molar-refractivity contribution is 0.619. The third kappa shape index (κ3) is 3.00. The molecular weight excluding hydrogens is 320 g/mol. The summed E-state index contributed by atoms with van der Waals surface area (Å²) in [4.78, 5) is 2.15. The molecular formula is C15H19BrN2S. The van der Waals surface area contributed by atoms with Crippen LogP contribution in [0.1, 0.15) is 34.5 Å². The maximum absolute atomic E-state index is 8.14. The average molecular weight is 339 g/mol. The van der Waals surface area contributed by atoms with Crippen molar-refractivity contribution in [1.82, 2.24) is 4.57 Å². The van der Waals surface area contributed by atoms with Gasteiger partial charge in [0.1, 0.15) is 0 Å². The molecule has 0 atom stereocenters. The molecule has 0 fully saturated rings. The van der Waals surface area contributed by atoms with Crippen LogP contribution in [0.4, 0.5) is 0 Å². The van der Waals surface area contributed by atoms with Crippen LogP contribution in [-0.4, -0.2) is 4.57 Å². The molecule has 1 aromatic carbocycles. The Balaban J connectivity index is 0.00000133. The van der Waals surface area contributed by atoms with Crippen LogP contribution in [0.5, 0.6) is 0 Å². The minimum atomic E-state index is 0. The summed E-state index contributed by atoms with van der Waals surface area (Å²) >= 11 is 1.67. The van der Waals surface area contributed by atoms with Gasteiger partial charge in [-0.05, 0) is 38.2 Å². The van der Waals surface area contributed by atoms with E-state index in [0.29, 0.717) is 4.80 Å². The molecule has 0 amide bonds. The number of hydrogen-bond donors (Lipinski definition) is 1. The molecule has 1 aliphatic carbocycles. The first kappa shape index (κ1) is 14.5. The minimum absolute atomic E-state index is 0. The summed E-state index contributed by atoms with van der Waals surface area (Å²) in [6.45, 7) is 2.96. The van der Waals surface area contributed by atoms with E-state index in [2.05, 4.69) is 35.8 Å². The summed E-state index contributed by atoms with van der Waals surface area (Å²) in [6, 6.07) is 8.65. The molecule has 102 valence electrons. The van der Waals surface area contributed by atoms with Crippen molar-refractivity contribution in [3.05, 3.63) is 50.8 Å². The molecule has 0 aliphatic heterocycles. The molecule has 1 aliphatic rings. The normalized spacial score (nSPS) is 13.7. The lowest BCUT2D eigenvalue weighted by atomic mass is 10.0. The number of nitrogens with zero attached hydrogens (tertiary/aromatic N) is 1. The molecule has 4 heteroatoms. The quantitative estimate of drug-likeness (QED) is 0.861. The van der Waals surface area contributed by atoms with Crippen LogP contribution in [0.3, 0.4) is 0 Å². The summed E-state index contributed by atoms with van der Waals surface area (Å²) in [5.74, 6) is 0. The third-order valence-corrected chi connectivity index (χ3v) is 4.74. The molecule has 0 radical (unpaired) electrons. The Kier molecular flexibility index (Phi) is 4.63. The highest BCUT2D eigenvalue weighted by atomic mass is 79.9. The van der Waals surface area contributed by atoms with Gasteiger partial charge in [0.05, 0.1) is 6.54 Å². The topological polar surface area (TPSA) is 28.8 Å². The maximum atomic E-state index is 8.14. The van der Waals surface area contributed by atoms with Crippen molar-refractivity contribution in [2.24, 2.45) is 0 Å². The van der Waals surface area contributed by atoms with Gasteiger partial charge in [-0.15, -0.1) is 28.3 Å². The molecule has 0 spiro atoms. The Bertz CT molecular complexity index is 610. The first-order valence-corrected chi connectivity index (χ1v) is 7.37. The van der Waals surface area contributed by atoms with Gasteiger partial charge in [-0.25, -0.2) is 0 Å². The van der Waals surface area contributed by atoms with Crippen LogP contribution in [0.25, 0.3) is 0 Å². The molecule has 2 nitrogen and oxygen atoms in total. The molecule has 0 saturated carbocycles. The Hall–Kier alpha value is -0.870. The van der Waals surface area contributed by atoms with Crippen molar-refractivity contribution < 1.29 is 0 Å². The van der Waals surface area contributed by atoms with Gasteiger partial charge in [-0.3, -0.25) is 5.41 Å². The second-order valence-corrected chi connectivity index (χ2v) is 6.14. The van der Waals surface area contributed by atoms with E-state index in [4.69, 9.17) is 5.41 Å². The minimum Gasteiger partial charge on any atom is -0.317 e. The number of thiazole rings is 1. The highest BCUT2D eigenvalue weighted by Gasteiger charge is 2.16. The number of halogens is 1. The van der Waals surface area contributed by atoms with Gasteiger partial charge in [0.2, 0.25) is 0 Å². The SMILES string of the molecule is Br.Cc1ccc(Cn2c3c(sc2=N)CCCC3)cc1. The van der Waals surface area contributed by atoms with Gasteiger partial charge in [-0.1, -0.05) is 29.8 Å². The highest BCUT2D eigenvalue weighted by molar-refractivity contribution is 8.93. The summed E-state index contributed by atoms with van der Waals surface area (Å²) in [7, 11) is 0. The van der Waals surface area contributed by atoms with E-state index < -0.39 is 0 Å². The lowest BCUT2D eigenvalue weighted by Gasteiger charge is -2.14. The molecule has 0 unspecified atom stereocenters. The number of fused-ring (bicyclic) bond motifs is 1. The Morgan fingerprint density at radius 2 is 1.84 bits per heavy atom. The van der Waals surface area contributed by atoms with E-state index in [1.807, 2.05) is 0 Å². The molecule has 1 aromatic heterocycles. The van der Waals surface area contributed by atoms with Gasteiger partial charge in [0, 0.05) is 10.6 Å². The van der Waals surface area contributed by atoms with Gasteiger partial charge in [-0.2, -0.15) is 0 Å². The van der Waals surface area contributed by atoms with Crippen LogP contribution >= 0.6 is 28.3 Å². The molecule has 2 aromatic rings. The predicted molar refractivity (Wildman–Crippen MR) is 85.4 cm³/mol. The van der Waals surface area contributed by atoms with Crippen LogP contribution in [0.15, 0.2) is 24.3 Å². The third-order valence-electron chi connectivity index (χ3n) is 3.64. The van der Waals surface area contributed by atoms with Crippen LogP contribution < -0.4 is 4.80 Å². The number of aromatic nitrogens is 1. The van der Waals surface area contributed by atoms with Crippen LogP contribution in [-0.2, 0) is 19.4 Å². The zero-order valence-corrected chi connectivity index (χ0v) is 13.6. The van der Waals surface area contributed by atoms with E-state index in [9.17, 15) is 0 Å². The van der Waals surface area contributed by atoms with Gasteiger partial charge in [0.15, 0.2) is 4.80 Å². The van der Waals surface area contributed by atoms with E-state index in [0.717, 1.165) is 13.0 Å². The number of benzene rings is 1. The van der Waals surface area contributed by atoms with Gasteiger partial charge in [0.25, 0.3) is 0 Å². The molecule has 3 rings (SSSR count). The van der Waals surface area contributed by atoms with E-state index >= 15 is 0 Å². The summed E-state index contributed by atoms with van der Waals surface area (Å²) in [6.07, 6.45) is 4.89. The lowest BCUT2D eigenvalue weighted by Crippen LogP contribution is -2.18. The van der Waals surface area contributed by atoms with Crippen LogP contribution in [0, 0.1) is 12.3 Å². The van der Waals surface area contributed by atoms with Crippen molar-refractivity contribution in [3.63, 3.8) is 0 Å². The smallest absolute Gasteiger partial charge is 0.182 e. The van der Waals surface area contributed by atoms with Crippen molar-refractivity contribution in [2.45, 2.75) is 39.2 Å². The fourth-order valence-electron chi connectivity index (χ4n) is 2.59. The molecule has 0 bridgehead atoms. The second kappa shape index (κ2) is 6.06. The van der Waals surface area contributed by atoms with Gasteiger partial charge >= 0.3 is 0 Å². The van der Waals surface area contributed by atoms with Crippen molar-refractivity contribution in [3.8, 4) is 0 Å². The fraction of sp³-hybridized carbons (Fsp3) is 0.400. The van der Waals surface area contributed by atoms with E-state index in [1.54, 1.807) is 11.3 Å². The Morgan fingerprint density at radius 3 is 2.58 bits per heavy atom. The van der Waals surface area contributed by atoms with E-state index in [1.165, 1.54) is 41.0 Å². The standard InChI is InChI=1S/C15H18N2S.BrH/c1-11-6-8-12(9-7-11)10-17-13-4-2-3-5-14(13)18-15(17)16;/h6-9,16H,2-5,10H2,1H3;1H. The number of rotatable bonds is 2. The number of nitrogens with one attached hydrogen (secondary N) is 1. The van der Waals surface area contributed by atoms with Crippen molar-refractivity contribution in [1.29, 1.82) is 5.41 Å². The molecule has 1 heterocycles. The molecule has 19 heavy (non-hydrogen) atoms. The summed E-state index contributed by atoms with van der Waals surface area (Å²) in [5, 5.41) is 8.14. The molecule has 1 N–H and O–H groups in total. The number of aryl methyl sites for hydroxylation is 2. The number of hydrogen-bond acceptors (Lipinski definition) is 2. The largest absolute Gasteiger partial charge is 0.317 e. The van der Waals surface area contributed by atoms with Crippen molar-refractivity contribution >= 4 is 28.3 Å². The second-order valence-electron chi connectivity index (χ2n) is 5.06. The monoisotopic (exact) mass is 338 g/mol. The summed E-state index contributed by atoms with van der Waals surface area (Å²) in [5.41, 5.74) is 4.00. The first-order chi connectivity index (χ1) is 8.74. The Morgan fingerprint density at radius 1 is 1.16 bits per heavy atom. The average Bonchev–Trinajstić information content (AvgIpc) is 2.69. The summed E-state index contributed by atoms with van der Waals surface area (Å²) < 4.78 is 2.20. The zero-order valence-electron chi connectivity index (χ0n) is 11.1. The first-order valence-electron chi connectivity index (χ1n) is 6.55. The Labute approximate surface area is 128 Å². The highest BCUT2D eigenvalue weighted by Crippen LogP contribution is 2.24. The fourth-order valence-corrected chi connectivity index (χ4v) is 3.69. The molecule has 0 saturated heterocycles. The van der Waals surface area contributed by atoms with Gasteiger partial charge < -0.3 is 4.57 Å². The maximum Gasteiger partial charge on any atom is 0.182 e.